The van der Waals surface area contributed by atoms with Gasteiger partial charge < -0.3 is 21.5 Å². The van der Waals surface area contributed by atoms with E-state index in [1.54, 1.807) is 42.6 Å². The highest BCUT2D eigenvalue weighted by Crippen LogP contribution is 2.28. The molecule has 1 atom stereocenters. The number of aliphatic hydroxyl groups is 1. The highest BCUT2D eigenvalue weighted by molar-refractivity contribution is 5.94. The Kier molecular flexibility index (Phi) is 6.00. The molecule has 0 bridgehead atoms. The molecule has 1 aliphatic rings. The Balaban J connectivity index is 1.39. The topological polar surface area (TPSA) is 139 Å². The van der Waals surface area contributed by atoms with Crippen LogP contribution in [-0.4, -0.2) is 32.6 Å². The maximum Gasteiger partial charge on any atom is 0.269 e. The second-order valence-corrected chi connectivity index (χ2v) is 7.59. The smallest absolute Gasteiger partial charge is 0.269 e. The summed E-state index contributed by atoms with van der Waals surface area (Å²) in [6.07, 6.45) is 2.19. The molecule has 4 rings (SSSR count). The normalized spacial score (nSPS) is 13.7. The van der Waals surface area contributed by atoms with E-state index in [1.165, 1.54) is 10.7 Å². The van der Waals surface area contributed by atoms with Crippen molar-refractivity contribution in [1.82, 2.24) is 9.78 Å². The molecule has 3 amide bonds. The van der Waals surface area contributed by atoms with Gasteiger partial charge in [0, 0.05) is 24.7 Å². The number of nitrogens with zero attached hydrogens (tertiary/aromatic N) is 2. The van der Waals surface area contributed by atoms with Gasteiger partial charge in [0.1, 0.15) is 5.69 Å². The van der Waals surface area contributed by atoms with Gasteiger partial charge in [-0.05, 0) is 48.2 Å². The van der Waals surface area contributed by atoms with Crippen molar-refractivity contribution in [3.8, 4) is 5.69 Å². The van der Waals surface area contributed by atoms with Gasteiger partial charge in [0.25, 0.3) is 5.91 Å². The van der Waals surface area contributed by atoms with Crippen LogP contribution in [0.15, 0.2) is 54.7 Å². The maximum atomic E-state index is 12.5. The summed E-state index contributed by atoms with van der Waals surface area (Å²) in [7, 11) is 0. The van der Waals surface area contributed by atoms with Crippen LogP contribution in [0.25, 0.3) is 5.69 Å². The minimum atomic E-state index is -0.803. The van der Waals surface area contributed by atoms with E-state index in [1.807, 2.05) is 6.07 Å². The first kappa shape index (κ1) is 21.3. The first-order chi connectivity index (χ1) is 15.4. The Bertz CT molecular complexity index is 1190. The van der Waals surface area contributed by atoms with E-state index < -0.39 is 12.0 Å². The molecule has 9 nitrogen and oxygen atoms in total. The number of aliphatic hydroxyl groups excluding tert-OH is 1. The largest absolute Gasteiger partial charge is 0.388 e. The van der Waals surface area contributed by atoms with Gasteiger partial charge >= 0.3 is 0 Å². The van der Waals surface area contributed by atoms with Crippen molar-refractivity contribution in [2.45, 2.75) is 31.8 Å². The number of primary amides is 1. The minimum Gasteiger partial charge on any atom is -0.388 e. The van der Waals surface area contributed by atoms with E-state index in [0.717, 1.165) is 11.3 Å². The molecule has 164 valence electrons. The van der Waals surface area contributed by atoms with E-state index in [4.69, 9.17) is 5.73 Å². The standard InChI is InChI=1S/C23H23N5O4/c24-23(32)18-11-12-28(27-18)19-4-2-1-3-17(19)26-22(31)10-8-20(29)15-5-7-16-14(13-15)6-9-21(30)25-16/h1-5,7,11-13,20,29H,6,8-10H2,(H2,24,32)(H,25,30)(H,26,31)/t20-/m1/s1. The Morgan fingerprint density at radius 1 is 1.19 bits per heavy atom. The number of aryl methyl sites for hydroxylation is 1. The lowest BCUT2D eigenvalue weighted by molar-refractivity contribution is -0.117. The fraction of sp³-hybridized carbons (Fsp3) is 0.217. The second-order valence-electron chi connectivity index (χ2n) is 7.59. The zero-order chi connectivity index (χ0) is 22.7. The van der Waals surface area contributed by atoms with Crippen molar-refractivity contribution >= 4 is 29.1 Å². The van der Waals surface area contributed by atoms with Crippen molar-refractivity contribution in [3.05, 3.63) is 71.5 Å². The monoisotopic (exact) mass is 433 g/mol. The third kappa shape index (κ3) is 4.68. The lowest BCUT2D eigenvalue weighted by Crippen LogP contribution is -2.19. The average Bonchev–Trinajstić information content (AvgIpc) is 3.28. The molecule has 0 spiro atoms. The van der Waals surface area contributed by atoms with Crippen LogP contribution in [0.4, 0.5) is 11.4 Å². The Morgan fingerprint density at radius 3 is 2.78 bits per heavy atom. The lowest BCUT2D eigenvalue weighted by atomic mass is 9.96. The number of benzene rings is 2. The molecule has 0 fully saturated rings. The third-order valence-electron chi connectivity index (χ3n) is 5.32. The first-order valence-corrected chi connectivity index (χ1v) is 10.3. The Morgan fingerprint density at radius 2 is 2.00 bits per heavy atom. The Hall–Kier alpha value is -3.98. The summed E-state index contributed by atoms with van der Waals surface area (Å²) >= 11 is 0. The van der Waals surface area contributed by atoms with Gasteiger partial charge in [-0.15, -0.1) is 0 Å². The number of para-hydroxylation sites is 2. The van der Waals surface area contributed by atoms with Crippen LogP contribution in [0.1, 0.15) is 47.0 Å². The zero-order valence-corrected chi connectivity index (χ0v) is 17.2. The number of hydrogen-bond acceptors (Lipinski definition) is 5. The van der Waals surface area contributed by atoms with Crippen molar-refractivity contribution < 1.29 is 19.5 Å². The molecule has 5 N–H and O–H groups in total. The SMILES string of the molecule is NC(=O)c1ccn(-c2ccccc2NC(=O)CC[C@@H](O)c2ccc3c(c2)CCC(=O)N3)n1. The van der Waals surface area contributed by atoms with Crippen LogP contribution in [0.3, 0.4) is 0 Å². The van der Waals surface area contributed by atoms with Crippen LogP contribution < -0.4 is 16.4 Å². The van der Waals surface area contributed by atoms with Gasteiger partial charge in [0.15, 0.2) is 0 Å². The molecule has 3 aromatic rings. The molecule has 9 heteroatoms. The number of hydrogen-bond donors (Lipinski definition) is 4. The molecule has 2 aromatic carbocycles. The average molecular weight is 433 g/mol. The summed E-state index contributed by atoms with van der Waals surface area (Å²) < 4.78 is 1.47. The lowest BCUT2D eigenvalue weighted by Gasteiger charge is -2.19. The van der Waals surface area contributed by atoms with Gasteiger partial charge in [-0.1, -0.05) is 24.3 Å². The number of fused-ring (bicyclic) bond motifs is 1. The fourth-order valence-electron chi connectivity index (χ4n) is 3.63. The van der Waals surface area contributed by atoms with Crippen molar-refractivity contribution in [3.63, 3.8) is 0 Å². The van der Waals surface area contributed by atoms with E-state index in [9.17, 15) is 19.5 Å². The van der Waals surface area contributed by atoms with Gasteiger partial charge in [-0.25, -0.2) is 4.68 Å². The minimum absolute atomic E-state index is 0.0105. The highest BCUT2D eigenvalue weighted by Gasteiger charge is 2.18. The Labute approximate surface area is 184 Å². The van der Waals surface area contributed by atoms with Crippen LogP contribution in [-0.2, 0) is 16.0 Å². The van der Waals surface area contributed by atoms with E-state index in [-0.39, 0.29) is 30.3 Å². The molecule has 0 unspecified atom stereocenters. The number of carbonyl (C=O) groups is 3. The van der Waals surface area contributed by atoms with Gasteiger partial charge in [-0.3, -0.25) is 14.4 Å². The maximum absolute atomic E-state index is 12.5. The number of carbonyl (C=O) groups excluding carboxylic acids is 3. The molecular weight excluding hydrogens is 410 g/mol. The number of nitrogens with two attached hydrogens (primary N) is 1. The van der Waals surface area contributed by atoms with Crippen LogP contribution in [0.2, 0.25) is 0 Å². The molecule has 1 aliphatic heterocycles. The molecule has 2 heterocycles. The third-order valence-corrected chi connectivity index (χ3v) is 5.32. The molecule has 0 aliphatic carbocycles. The molecule has 0 saturated carbocycles. The van der Waals surface area contributed by atoms with E-state index in [0.29, 0.717) is 29.8 Å². The molecule has 0 saturated heterocycles. The van der Waals surface area contributed by atoms with Gasteiger partial charge in [0.2, 0.25) is 11.8 Å². The predicted molar refractivity (Wildman–Crippen MR) is 118 cm³/mol. The van der Waals surface area contributed by atoms with Crippen LogP contribution in [0, 0.1) is 0 Å². The number of amides is 3. The van der Waals surface area contributed by atoms with E-state index >= 15 is 0 Å². The highest BCUT2D eigenvalue weighted by atomic mass is 16.3. The summed E-state index contributed by atoms with van der Waals surface area (Å²) in [6, 6.07) is 14.0. The van der Waals surface area contributed by atoms with E-state index in [2.05, 4.69) is 15.7 Å². The number of nitrogens with one attached hydrogen (secondary N) is 2. The van der Waals surface area contributed by atoms with Crippen molar-refractivity contribution in [2.75, 3.05) is 10.6 Å². The summed E-state index contributed by atoms with van der Waals surface area (Å²) in [5, 5.41) is 20.3. The molecular formula is C23H23N5O4. The van der Waals surface area contributed by atoms with Crippen LogP contribution >= 0.6 is 0 Å². The van der Waals surface area contributed by atoms with Crippen molar-refractivity contribution in [1.29, 1.82) is 0 Å². The first-order valence-electron chi connectivity index (χ1n) is 10.3. The van der Waals surface area contributed by atoms with Gasteiger partial charge in [-0.2, -0.15) is 5.10 Å². The second kappa shape index (κ2) is 9.03. The summed E-state index contributed by atoms with van der Waals surface area (Å²) in [5.74, 6) is -0.906. The number of aromatic nitrogens is 2. The van der Waals surface area contributed by atoms with Crippen molar-refractivity contribution in [2.24, 2.45) is 5.73 Å². The van der Waals surface area contributed by atoms with Gasteiger partial charge in [0.05, 0.1) is 17.5 Å². The molecule has 32 heavy (non-hydrogen) atoms. The fourth-order valence-corrected chi connectivity index (χ4v) is 3.63. The summed E-state index contributed by atoms with van der Waals surface area (Å²) in [6.45, 7) is 0. The van der Waals surface area contributed by atoms with Crippen LogP contribution in [0.5, 0.6) is 0 Å². The summed E-state index contributed by atoms with van der Waals surface area (Å²) in [5.41, 5.74) is 8.95. The number of anilines is 2. The quantitative estimate of drug-likeness (QED) is 0.453. The number of rotatable bonds is 7. The molecule has 1 aromatic heterocycles. The molecule has 0 radical (unpaired) electrons. The zero-order valence-electron chi connectivity index (χ0n) is 17.2. The predicted octanol–water partition coefficient (Wildman–Crippen LogP) is 2.31. The summed E-state index contributed by atoms with van der Waals surface area (Å²) in [4.78, 5) is 35.3.